The summed E-state index contributed by atoms with van der Waals surface area (Å²) >= 11 is 0. The molecule has 0 aromatic heterocycles. The molecule has 2 aliphatic carbocycles. The minimum Gasteiger partial charge on any atom is -0.497 e. The fourth-order valence-corrected chi connectivity index (χ4v) is 3.94. The third kappa shape index (κ3) is 3.70. The topological polar surface area (TPSA) is 38.8 Å². The van der Waals surface area contributed by atoms with Crippen LogP contribution in [0.2, 0.25) is 0 Å². The minimum atomic E-state index is 0.0842. The zero-order chi connectivity index (χ0) is 18.8. The number of hydrogen-bond acceptors (Lipinski definition) is 3. The summed E-state index contributed by atoms with van der Waals surface area (Å²) in [6.07, 6.45) is 7.81. The Bertz CT molecular complexity index is 847. The van der Waals surface area contributed by atoms with Gasteiger partial charge in [-0.05, 0) is 60.6 Å². The van der Waals surface area contributed by atoms with E-state index in [2.05, 4.69) is 29.2 Å². The third-order valence-electron chi connectivity index (χ3n) is 5.42. The minimum absolute atomic E-state index is 0.0842. The first-order valence-corrected chi connectivity index (χ1v) is 9.51. The first kappa shape index (κ1) is 17.7. The lowest BCUT2D eigenvalue weighted by Crippen LogP contribution is -2.34. The molecule has 2 aromatic rings. The molecule has 0 saturated heterocycles. The van der Waals surface area contributed by atoms with E-state index in [0.717, 1.165) is 31.2 Å². The number of nitrogens with zero attached hydrogens (tertiary/aromatic N) is 1. The Morgan fingerprint density at radius 2 is 1.74 bits per heavy atom. The Morgan fingerprint density at radius 1 is 1.04 bits per heavy atom. The first-order valence-electron chi connectivity index (χ1n) is 9.51. The Morgan fingerprint density at radius 3 is 2.41 bits per heavy atom. The number of aryl methyl sites for hydroxylation is 1. The number of fused-ring (bicyclic) bond motifs is 1. The van der Waals surface area contributed by atoms with Gasteiger partial charge >= 0.3 is 0 Å². The summed E-state index contributed by atoms with van der Waals surface area (Å²) in [6, 6.07) is 14.7. The summed E-state index contributed by atoms with van der Waals surface area (Å²) in [6.45, 7) is 0. The number of carbonyl (C=O) groups is 1. The third-order valence-corrected chi connectivity index (χ3v) is 5.42. The van der Waals surface area contributed by atoms with Crippen molar-refractivity contribution in [2.24, 2.45) is 0 Å². The lowest BCUT2D eigenvalue weighted by atomic mass is 10.1. The molecular weight excluding hydrogens is 338 g/mol. The predicted molar refractivity (Wildman–Crippen MR) is 106 cm³/mol. The fraction of sp³-hybridized carbons (Fsp3) is 0.348. The van der Waals surface area contributed by atoms with Crippen LogP contribution >= 0.6 is 0 Å². The molecule has 0 N–H and O–H groups in total. The van der Waals surface area contributed by atoms with Gasteiger partial charge in [-0.1, -0.05) is 24.3 Å². The molecule has 140 valence electrons. The number of methoxy groups -OCH3 is 2. The van der Waals surface area contributed by atoms with Gasteiger partial charge in [0.1, 0.15) is 11.5 Å². The maximum atomic E-state index is 13.1. The van der Waals surface area contributed by atoms with Gasteiger partial charge in [-0.2, -0.15) is 0 Å². The molecule has 4 nitrogen and oxygen atoms in total. The predicted octanol–water partition coefficient (Wildman–Crippen LogP) is 4.40. The lowest BCUT2D eigenvalue weighted by Gasteiger charge is -2.29. The van der Waals surface area contributed by atoms with Crippen molar-refractivity contribution in [3.8, 4) is 11.5 Å². The van der Waals surface area contributed by atoms with Crippen LogP contribution in [0.4, 0.5) is 0 Å². The van der Waals surface area contributed by atoms with E-state index in [1.807, 2.05) is 24.3 Å². The molecule has 2 aromatic carbocycles. The van der Waals surface area contributed by atoms with Crippen molar-refractivity contribution in [1.82, 2.24) is 4.90 Å². The normalized spacial score (nSPS) is 18.4. The van der Waals surface area contributed by atoms with E-state index in [0.29, 0.717) is 17.5 Å². The van der Waals surface area contributed by atoms with Gasteiger partial charge in [0, 0.05) is 18.2 Å². The van der Waals surface area contributed by atoms with Crippen LogP contribution in [0.1, 0.15) is 42.0 Å². The summed E-state index contributed by atoms with van der Waals surface area (Å²) in [4.78, 5) is 15.2. The van der Waals surface area contributed by atoms with Crippen LogP contribution in [0.25, 0.3) is 6.08 Å². The molecule has 0 bridgehead atoms. The molecule has 0 aliphatic heterocycles. The van der Waals surface area contributed by atoms with Gasteiger partial charge in [-0.15, -0.1) is 0 Å². The Labute approximate surface area is 160 Å². The highest BCUT2D eigenvalue weighted by Crippen LogP contribution is 2.42. The van der Waals surface area contributed by atoms with Crippen LogP contribution in [0.15, 0.2) is 48.5 Å². The SMILES string of the molecule is COc1cc(/C=C/C(=O)N(C2CC2)C2CCc3ccccc32)cc(OC)c1. The van der Waals surface area contributed by atoms with E-state index < -0.39 is 0 Å². The largest absolute Gasteiger partial charge is 0.497 e. The molecule has 1 saturated carbocycles. The zero-order valence-electron chi connectivity index (χ0n) is 15.9. The second-order valence-electron chi connectivity index (χ2n) is 7.21. The Kier molecular flexibility index (Phi) is 4.88. The van der Waals surface area contributed by atoms with Gasteiger partial charge in [0.05, 0.1) is 20.3 Å². The van der Waals surface area contributed by atoms with E-state index >= 15 is 0 Å². The van der Waals surface area contributed by atoms with Gasteiger partial charge < -0.3 is 14.4 Å². The molecule has 1 atom stereocenters. The molecule has 1 fully saturated rings. The summed E-state index contributed by atoms with van der Waals surface area (Å²) in [5.74, 6) is 1.51. The van der Waals surface area contributed by atoms with Gasteiger partial charge in [0.2, 0.25) is 5.91 Å². The van der Waals surface area contributed by atoms with Gasteiger partial charge in [-0.25, -0.2) is 0 Å². The molecule has 4 rings (SSSR count). The van der Waals surface area contributed by atoms with E-state index in [1.165, 1.54) is 11.1 Å². The lowest BCUT2D eigenvalue weighted by molar-refractivity contribution is -0.129. The fourth-order valence-electron chi connectivity index (χ4n) is 3.94. The molecule has 0 spiro atoms. The number of benzene rings is 2. The van der Waals surface area contributed by atoms with Crippen molar-refractivity contribution in [3.05, 3.63) is 65.2 Å². The first-order chi connectivity index (χ1) is 13.2. The van der Waals surface area contributed by atoms with Crippen LogP contribution in [0, 0.1) is 0 Å². The second-order valence-corrected chi connectivity index (χ2v) is 7.21. The smallest absolute Gasteiger partial charge is 0.247 e. The summed E-state index contributed by atoms with van der Waals surface area (Å²) in [5, 5.41) is 0. The highest BCUT2D eigenvalue weighted by atomic mass is 16.5. The highest BCUT2D eigenvalue weighted by Gasteiger charge is 2.39. The molecule has 0 radical (unpaired) electrons. The van der Waals surface area contributed by atoms with Crippen molar-refractivity contribution in [1.29, 1.82) is 0 Å². The summed E-state index contributed by atoms with van der Waals surface area (Å²) < 4.78 is 10.6. The number of hydrogen-bond donors (Lipinski definition) is 0. The summed E-state index contributed by atoms with van der Waals surface area (Å²) in [5.41, 5.74) is 3.58. The molecule has 0 heterocycles. The highest BCUT2D eigenvalue weighted by molar-refractivity contribution is 5.92. The molecule has 27 heavy (non-hydrogen) atoms. The van der Waals surface area contributed by atoms with Crippen LogP contribution in [-0.2, 0) is 11.2 Å². The van der Waals surface area contributed by atoms with E-state index in [1.54, 1.807) is 20.3 Å². The average molecular weight is 363 g/mol. The second kappa shape index (κ2) is 7.47. The maximum Gasteiger partial charge on any atom is 0.247 e. The zero-order valence-corrected chi connectivity index (χ0v) is 15.9. The maximum absolute atomic E-state index is 13.1. The van der Waals surface area contributed by atoms with Gasteiger partial charge in [-0.3, -0.25) is 4.79 Å². The number of rotatable bonds is 6. The Hall–Kier alpha value is -2.75. The molecule has 2 aliphatic rings. The molecular formula is C23H25NO3. The number of amides is 1. The standard InChI is InChI=1S/C23H25NO3/c1-26-19-13-16(14-20(15-19)27-2)7-12-23(25)24(18-9-10-18)22-11-8-17-5-3-4-6-21(17)22/h3-7,12-15,18,22H,8-11H2,1-2H3/b12-7+. The van der Waals surface area contributed by atoms with Crippen LogP contribution in [0.5, 0.6) is 11.5 Å². The monoisotopic (exact) mass is 363 g/mol. The van der Waals surface area contributed by atoms with Crippen LogP contribution in [-0.4, -0.2) is 31.1 Å². The van der Waals surface area contributed by atoms with Crippen molar-refractivity contribution in [2.45, 2.75) is 37.8 Å². The molecule has 4 heteroatoms. The summed E-state index contributed by atoms with van der Waals surface area (Å²) in [7, 11) is 3.25. The van der Waals surface area contributed by atoms with E-state index in [9.17, 15) is 4.79 Å². The molecule has 1 unspecified atom stereocenters. The van der Waals surface area contributed by atoms with Crippen molar-refractivity contribution < 1.29 is 14.3 Å². The average Bonchev–Trinajstić information content (AvgIpc) is 3.45. The van der Waals surface area contributed by atoms with Crippen molar-refractivity contribution >= 4 is 12.0 Å². The van der Waals surface area contributed by atoms with Gasteiger partial charge in [0.15, 0.2) is 0 Å². The Balaban J connectivity index is 1.57. The number of carbonyl (C=O) groups excluding carboxylic acids is 1. The van der Waals surface area contributed by atoms with Crippen LogP contribution in [0.3, 0.4) is 0 Å². The van der Waals surface area contributed by atoms with E-state index in [4.69, 9.17) is 9.47 Å². The number of ether oxygens (including phenoxy) is 2. The quantitative estimate of drug-likeness (QED) is 0.714. The van der Waals surface area contributed by atoms with Crippen molar-refractivity contribution in [2.75, 3.05) is 14.2 Å². The molecule has 1 amide bonds. The van der Waals surface area contributed by atoms with Gasteiger partial charge in [0.25, 0.3) is 0 Å². The van der Waals surface area contributed by atoms with E-state index in [-0.39, 0.29) is 11.9 Å². The van der Waals surface area contributed by atoms with Crippen molar-refractivity contribution in [3.63, 3.8) is 0 Å². The van der Waals surface area contributed by atoms with Crippen LogP contribution < -0.4 is 9.47 Å².